The molecule has 0 amide bonds. The summed E-state index contributed by atoms with van der Waals surface area (Å²) in [6.07, 6.45) is 8.66. The van der Waals surface area contributed by atoms with E-state index in [4.69, 9.17) is 0 Å². The summed E-state index contributed by atoms with van der Waals surface area (Å²) < 4.78 is 15.0. The van der Waals surface area contributed by atoms with E-state index < -0.39 is 0 Å². The Labute approximate surface area is 131 Å². The number of hydrogen-bond acceptors (Lipinski definition) is 2. The Kier molecular flexibility index (Phi) is 4.88. The van der Waals surface area contributed by atoms with Crippen LogP contribution in [0.15, 0.2) is 36.7 Å². The summed E-state index contributed by atoms with van der Waals surface area (Å²) in [4.78, 5) is 6.94. The van der Waals surface area contributed by atoms with Gasteiger partial charge in [0.25, 0.3) is 0 Å². The van der Waals surface area contributed by atoms with Gasteiger partial charge in [0.2, 0.25) is 0 Å². The van der Waals surface area contributed by atoms with Gasteiger partial charge in [-0.1, -0.05) is 12.1 Å². The highest BCUT2D eigenvalue weighted by atomic mass is 19.1. The second kappa shape index (κ2) is 7.05. The Morgan fingerprint density at radius 3 is 2.82 bits per heavy atom. The molecular weight excluding hydrogens is 277 g/mol. The Bertz CT molecular complexity index is 591. The maximum atomic E-state index is 12.9. The molecule has 0 bridgehead atoms. The van der Waals surface area contributed by atoms with Crippen molar-refractivity contribution in [2.45, 2.75) is 32.2 Å². The lowest BCUT2D eigenvalue weighted by Gasteiger charge is -2.32. The Morgan fingerprint density at radius 2 is 2.09 bits per heavy atom. The smallest absolute Gasteiger partial charge is 0.123 e. The lowest BCUT2D eigenvalue weighted by molar-refractivity contribution is 0.157. The zero-order valence-electron chi connectivity index (χ0n) is 13.2. The van der Waals surface area contributed by atoms with Crippen LogP contribution in [0.3, 0.4) is 0 Å². The molecule has 0 N–H and O–H groups in total. The van der Waals surface area contributed by atoms with E-state index in [1.165, 1.54) is 31.4 Å². The largest absolute Gasteiger partial charge is 0.337 e. The van der Waals surface area contributed by atoms with E-state index in [2.05, 4.69) is 21.5 Å². The number of benzene rings is 1. The molecule has 2 aromatic rings. The van der Waals surface area contributed by atoms with E-state index in [1.807, 2.05) is 24.5 Å². The van der Waals surface area contributed by atoms with Crippen LogP contribution in [0.2, 0.25) is 0 Å². The van der Waals surface area contributed by atoms with E-state index in [-0.39, 0.29) is 5.82 Å². The van der Waals surface area contributed by atoms with Crippen LogP contribution < -0.4 is 0 Å². The molecule has 1 aliphatic rings. The van der Waals surface area contributed by atoms with E-state index >= 15 is 0 Å². The standard InChI is InChI=1S/C18H24FN3/c1-21-12-10-20-18(21)14-22-11-2-3-16(13-22)5-4-15-6-8-17(19)9-7-15/h6-10,12,16H,2-5,11,13-14H2,1H3. The van der Waals surface area contributed by atoms with Gasteiger partial charge in [0, 0.05) is 26.0 Å². The fraction of sp³-hybridized carbons (Fsp3) is 0.500. The van der Waals surface area contributed by atoms with Gasteiger partial charge in [-0.3, -0.25) is 4.90 Å². The number of piperidine rings is 1. The molecule has 0 radical (unpaired) electrons. The molecule has 0 spiro atoms. The Hall–Kier alpha value is -1.68. The van der Waals surface area contributed by atoms with Crippen molar-refractivity contribution in [3.05, 3.63) is 53.9 Å². The van der Waals surface area contributed by atoms with Gasteiger partial charge >= 0.3 is 0 Å². The summed E-state index contributed by atoms with van der Waals surface area (Å²) in [6, 6.07) is 6.93. The van der Waals surface area contributed by atoms with Gasteiger partial charge in [-0.2, -0.15) is 0 Å². The second-order valence-electron chi connectivity index (χ2n) is 6.36. The number of aromatic nitrogens is 2. The minimum Gasteiger partial charge on any atom is -0.337 e. The molecule has 1 atom stereocenters. The Balaban J connectivity index is 1.50. The van der Waals surface area contributed by atoms with Crippen LogP contribution in [-0.4, -0.2) is 27.5 Å². The molecule has 2 heterocycles. The number of rotatable bonds is 5. The van der Waals surface area contributed by atoms with Gasteiger partial charge in [-0.15, -0.1) is 0 Å². The minimum atomic E-state index is -0.150. The number of nitrogens with zero attached hydrogens (tertiary/aromatic N) is 3. The first-order chi connectivity index (χ1) is 10.7. The maximum Gasteiger partial charge on any atom is 0.123 e. The van der Waals surface area contributed by atoms with Crippen molar-refractivity contribution < 1.29 is 4.39 Å². The van der Waals surface area contributed by atoms with Crippen LogP contribution in [0.5, 0.6) is 0 Å². The molecule has 1 saturated heterocycles. The van der Waals surface area contributed by atoms with E-state index in [0.29, 0.717) is 0 Å². The molecule has 4 heteroatoms. The highest BCUT2D eigenvalue weighted by Gasteiger charge is 2.20. The van der Waals surface area contributed by atoms with Crippen molar-refractivity contribution in [2.24, 2.45) is 13.0 Å². The summed E-state index contributed by atoms with van der Waals surface area (Å²) in [5.74, 6) is 1.72. The van der Waals surface area contributed by atoms with Crippen molar-refractivity contribution in [3.8, 4) is 0 Å². The number of likely N-dealkylation sites (tertiary alicyclic amines) is 1. The second-order valence-corrected chi connectivity index (χ2v) is 6.36. The van der Waals surface area contributed by atoms with E-state index in [9.17, 15) is 4.39 Å². The summed E-state index contributed by atoms with van der Waals surface area (Å²) in [5.41, 5.74) is 1.24. The average molecular weight is 301 g/mol. The molecule has 0 aliphatic carbocycles. The zero-order valence-corrected chi connectivity index (χ0v) is 13.2. The molecule has 1 aromatic carbocycles. The first kappa shape index (κ1) is 15.2. The average Bonchev–Trinajstić information content (AvgIpc) is 2.92. The van der Waals surface area contributed by atoms with Gasteiger partial charge < -0.3 is 4.57 Å². The molecule has 0 saturated carbocycles. The van der Waals surface area contributed by atoms with Crippen LogP contribution in [0, 0.1) is 11.7 Å². The molecule has 1 fully saturated rings. The SMILES string of the molecule is Cn1ccnc1CN1CCCC(CCc2ccc(F)cc2)C1. The van der Waals surface area contributed by atoms with Crippen molar-refractivity contribution in [2.75, 3.05) is 13.1 Å². The third kappa shape index (κ3) is 3.95. The zero-order chi connectivity index (χ0) is 15.4. The maximum absolute atomic E-state index is 12.9. The quantitative estimate of drug-likeness (QED) is 0.844. The van der Waals surface area contributed by atoms with E-state index in [1.54, 1.807) is 12.1 Å². The highest BCUT2D eigenvalue weighted by molar-refractivity contribution is 5.16. The van der Waals surface area contributed by atoms with Gasteiger partial charge in [0.1, 0.15) is 11.6 Å². The predicted molar refractivity (Wildman–Crippen MR) is 85.9 cm³/mol. The molecular formula is C18H24FN3. The van der Waals surface area contributed by atoms with Gasteiger partial charge in [-0.25, -0.2) is 9.37 Å². The summed E-state index contributed by atoms with van der Waals surface area (Å²) in [5, 5.41) is 0. The molecule has 3 nitrogen and oxygen atoms in total. The van der Waals surface area contributed by atoms with Gasteiger partial charge in [-0.05, 0) is 55.8 Å². The summed E-state index contributed by atoms with van der Waals surface area (Å²) in [6.45, 7) is 3.25. The molecule has 118 valence electrons. The van der Waals surface area contributed by atoms with Crippen LogP contribution in [0.1, 0.15) is 30.7 Å². The van der Waals surface area contributed by atoms with Crippen molar-refractivity contribution >= 4 is 0 Å². The monoisotopic (exact) mass is 301 g/mol. The predicted octanol–water partition coefficient (Wildman–Crippen LogP) is 3.40. The molecule has 3 rings (SSSR count). The minimum absolute atomic E-state index is 0.150. The summed E-state index contributed by atoms with van der Waals surface area (Å²) in [7, 11) is 2.05. The van der Waals surface area contributed by atoms with Gasteiger partial charge in [0.15, 0.2) is 0 Å². The van der Waals surface area contributed by atoms with Crippen molar-refractivity contribution in [3.63, 3.8) is 0 Å². The number of aryl methyl sites for hydroxylation is 2. The van der Waals surface area contributed by atoms with Crippen LogP contribution in [0.4, 0.5) is 4.39 Å². The van der Waals surface area contributed by atoms with Crippen molar-refractivity contribution in [1.29, 1.82) is 0 Å². The molecule has 1 unspecified atom stereocenters. The molecule has 1 aromatic heterocycles. The summed E-state index contributed by atoms with van der Waals surface area (Å²) >= 11 is 0. The van der Waals surface area contributed by atoms with Gasteiger partial charge in [0.05, 0.1) is 6.54 Å². The topological polar surface area (TPSA) is 21.1 Å². The first-order valence-corrected chi connectivity index (χ1v) is 8.14. The molecule has 1 aliphatic heterocycles. The lowest BCUT2D eigenvalue weighted by atomic mass is 9.91. The van der Waals surface area contributed by atoms with Crippen LogP contribution >= 0.6 is 0 Å². The lowest BCUT2D eigenvalue weighted by Crippen LogP contribution is -2.35. The van der Waals surface area contributed by atoms with Crippen LogP contribution in [0.25, 0.3) is 0 Å². The third-order valence-electron chi connectivity index (χ3n) is 4.64. The van der Waals surface area contributed by atoms with Crippen LogP contribution in [-0.2, 0) is 20.0 Å². The van der Waals surface area contributed by atoms with Crippen molar-refractivity contribution in [1.82, 2.24) is 14.5 Å². The third-order valence-corrected chi connectivity index (χ3v) is 4.64. The number of imidazole rings is 1. The first-order valence-electron chi connectivity index (χ1n) is 8.14. The normalized spacial score (nSPS) is 19.5. The fourth-order valence-corrected chi connectivity index (χ4v) is 3.30. The van der Waals surface area contributed by atoms with E-state index in [0.717, 1.165) is 31.3 Å². The highest BCUT2D eigenvalue weighted by Crippen LogP contribution is 2.22. The number of hydrogen-bond donors (Lipinski definition) is 0. The Morgan fingerprint density at radius 1 is 1.27 bits per heavy atom. The fourth-order valence-electron chi connectivity index (χ4n) is 3.30. The number of halogens is 1. The molecule has 22 heavy (non-hydrogen) atoms.